The number of fused-ring (bicyclic) bond motifs is 1. The molecule has 0 heterocycles. The van der Waals surface area contributed by atoms with E-state index in [0.29, 0.717) is 0 Å². The van der Waals surface area contributed by atoms with E-state index in [2.05, 4.69) is 0 Å². The first kappa shape index (κ1) is 21.5. The Balaban J connectivity index is 3.18. The summed E-state index contributed by atoms with van der Waals surface area (Å²) in [4.78, 5) is 9.50. The van der Waals surface area contributed by atoms with Crippen LogP contribution in [0, 0.1) is 0 Å². The van der Waals surface area contributed by atoms with Gasteiger partial charge in [-0.05, 0) is 0 Å². The van der Waals surface area contributed by atoms with E-state index in [9.17, 15) is 17.6 Å². The zero-order valence-electron chi connectivity index (χ0n) is 14.0. The van der Waals surface area contributed by atoms with Gasteiger partial charge in [-0.2, -0.15) is 0 Å². The molecule has 0 N–H and O–H groups in total. The predicted molar refractivity (Wildman–Crippen MR) is 90.0 cm³/mol. The monoisotopic (exact) mass is 610 g/mol. The molecule has 0 saturated carbocycles. The van der Waals surface area contributed by atoms with Gasteiger partial charge in [0.05, 0.1) is 0 Å². The Kier molecular flexibility index (Phi) is 4.84. The molecule has 24 heavy (non-hydrogen) atoms. The third-order valence-electron chi connectivity index (χ3n) is 4.50. The molecule has 0 spiro atoms. The van der Waals surface area contributed by atoms with E-state index in [1.165, 1.54) is 0 Å². The number of allylic oxidation sites excluding steroid dienone is 4. The average molecular weight is 609 g/mol. The fourth-order valence-corrected chi connectivity index (χ4v) is 31.9. The van der Waals surface area contributed by atoms with Crippen molar-refractivity contribution in [3.05, 3.63) is 18.8 Å². The first-order valence-electron chi connectivity index (χ1n) is 7.26. The summed E-state index contributed by atoms with van der Waals surface area (Å²) in [6.45, 7) is 0. The summed E-state index contributed by atoms with van der Waals surface area (Å²) < 4.78 is 89.3. The van der Waals surface area contributed by atoms with Crippen molar-refractivity contribution >= 4 is 60.0 Å². The Morgan fingerprint density at radius 3 is 1.00 bits per heavy atom. The van der Waals surface area contributed by atoms with Gasteiger partial charge in [0.2, 0.25) is 0 Å². The van der Waals surface area contributed by atoms with Crippen molar-refractivity contribution in [2.45, 2.75) is 51.2 Å². The molecule has 0 unspecified atom stereocenters. The van der Waals surface area contributed by atoms with Crippen molar-refractivity contribution in [3.8, 4) is 0 Å². The van der Waals surface area contributed by atoms with E-state index in [1.54, 1.807) is 29.6 Å². The molecule has 3 aliphatic rings. The van der Waals surface area contributed by atoms with Gasteiger partial charge in [0.25, 0.3) is 0 Å². The van der Waals surface area contributed by atoms with Crippen molar-refractivity contribution in [1.29, 1.82) is 0 Å². The normalized spacial score (nSPS) is 43.8. The minimum absolute atomic E-state index is 0.479. The van der Waals surface area contributed by atoms with Crippen LogP contribution in [0.1, 0.15) is 0 Å². The Morgan fingerprint density at radius 2 is 0.833 bits per heavy atom. The van der Waals surface area contributed by atoms with Crippen LogP contribution >= 0.6 is 23.2 Å². The Labute approximate surface area is 155 Å². The molecule has 0 aromatic carbocycles. The zero-order valence-corrected chi connectivity index (χ0v) is 21.2. The Morgan fingerprint density at radius 1 is 0.625 bits per heavy atom. The van der Waals surface area contributed by atoms with Gasteiger partial charge in [0.15, 0.2) is 0 Å². The summed E-state index contributed by atoms with van der Waals surface area (Å²) in [7, 11) is 0. The van der Waals surface area contributed by atoms with Gasteiger partial charge in [-0.3, -0.25) is 0 Å². The van der Waals surface area contributed by atoms with Gasteiger partial charge in [0.1, 0.15) is 0 Å². The molecule has 0 saturated heterocycles. The second-order valence-corrected chi connectivity index (χ2v) is 37.9. The van der Waals surface area contributed by atoms with E-state index in [4.69, 9.17) is 23.2 Å². The van der Waals surface area contributed by atoms with E-state index in [1.807, 2.05) is 0 Å². The van der Waals surface area contributed by atoms with Gasteiger partial charge in [-0.15, -0.1) is 0 Å². The average Bonchev–Trinajstić information content (AvgIpc) is 2.35. The third kappa shape index (κ3) is 2.20. The molecule has 0 radical (unpaired) electrons. The maximum atomic E-state index is 15.7. The standard InChI is InChI=1S/C8Cl2F6.6CH3.2Sn/c9-7(15)5(13)1-2-6(14,8(7,10)16)4(12)3(5)11;;;;;;;;/h;6*1H3;;/t5-,6+,7-,8+;;;;;;;;. The molecule has 2 bridgehead atoms. The van der Waals surface area contributed by atoms with Crippen molar-refractivity contribution in [2.75, 3.05) is 0 Å². The second kappa shape index (κ2) is 5.40. The first-order chi connectivity index (χ1) is 10.3. The van der Waals surface area contributed by atoms with Gasteiger partial charge in [-0.25, -0.2) is 0 Å². The summed E-state index contributed by atoms with van der Waals surface area (Å²) in [5, 5.41) is -8.59. The van der Waals surface area contributed by atoms with Crippen LogP contribution in [0.2, 0.25) is 29.6 Å². The van der Waals surface area contributed by atoms with Gasteiger partial charge >= 0.3 is 156 Å². The van der Waals surface area contributed by atoms with Crippen LogP contribution in [0.5, 0.6) is 0 Å². The van der Waals surface area contributed by atoms with E-state index in [-0.39, 0.29) is 0 Å². The van der Waals surface area contributed by atoms with Crippen LogP contribution in [0.25, 0.3) is 0 Å². The van der Waals surface area contributed by atoms with Crippen LogP contribution in [0.15, 0.2) is 18.8 Å². The molecule has 3 aliphatic carbocycles. The fraction of sp³-hybridized carbons (Fsp3) is 0.714. The van der Waals surface area contributed by atoms with Crippen LogP contribution in [0.4, 0.5) is 26.3 Å². The van der Waals surface area contributed by atoms with Gasteiger partial charge < -0.3 is 0 Å². The fourth-order valence-electron chi connectivity index (χ4n) is 3.67. The molecule has 0 aromatic rings. The van der Waals surface area contributed by atoms with Crippen LogP contribution < -0.4 is 0 Å². The molecule has 4 atom stereocenters. The summed E-state index contributed by atoms with van der Waals surface area (Å²) >= 11 is 3.03. The van der Waals surface area contributed by atoms with E-state index >= 15 is 8.78 Å². The molecule has 0 aromatic heterocycles. The number of rotatable bonds is 2. The van der Waals surface area contributed by atoms with Crippen molar-refractivity contribution < 1.29 is 26.3 Å². The molecular formula is C14H18Cl2F6Sn2. The number of hydrogen-bond acceptors (Lipinski definition) is 0. The molecule has 0 nitrogen and oxygen atoms in total. The Hall–Kier alpha value is 1.24. The third-order valence-corrected chi connectivity index (χ3v) is 19.6. The first-order valence-corrected chi connectivity index (χ1v) is 28.0. The SMILES string of the molecule is [CH3][Sn]([CH3])([CH3])[C]1=[C]([Sn]([CH3])([CH3])[CH3])[C@]2(F)C(F)=C(F)[C@@]1(F)[C@](F)(Cl)[C@]2(F)Cl. The number of hydrogen-bond donors (Lipinski definition) is 0. The van der Waals surface area contributed by atoms with Crippen LogP contribution in [-0.4, -0.2) is 58.3 Å². The van der Waals surface area contributed by atoms with Crippen molar-refractivity contribution in [2.24, 2.45) is 0 Å². The van der Waals surface area contributed by atoms with Crippen LogP contribution in [-0.2, 0) is 0 Å². The van der Waals surface area contributed by atoms with E-state index in [0.717, 1.165) is 0 Å². The number of halogens is 8. The number of alkyl halides is 6. The molecule has 3 rings (SSSR count). The van der Waals surface area contributed by atoms with Crippen molar-refractivity contribution in [1.82, 2.24) is 0 Å². The topological polar surface area (TPSA) is 0 Å². The summed E-state index contributed by atoms with van der Waals surface area (Å²) in [6, 6.07) is 0. The molecular weight excluding hydrogens is 590 g/mol. The summed E-state index contributed by atoms with van der Waals surface area (Å²) in [6.07, 6.45) is 0. The molecule has 0 amide bonds. The van der Waals surface area contributed by atoms with Gasteiger partial charge in [0, 0.05) is 0 Å². The quantitative estimate of drug-likeness (QED) is 0.192. The minimum atomic E-state index is -4.30. The van der Waals surface area contributed by atoms with Crippen LogP contribution in [0.3, 0.4) is 0 Å². The zero-order chi connectivity index (χ0) is 19.3. The van der Waals surface area contributed by atoms with Gasteiger partial charge in [-0.1, -0.05) is 0 Å². The van der Waals surface area contributed by atoms with Crippen molar-refractivity contribution in [3.63, 3.8) is 0 Å². The predicted octanol–water partition coefficient (Wildman–Crippen LogP) is 6.44. The second-order valence-electron chi connectivity index (χ2n) is 8.34. The maximum absolute atomic E-state index is 15.7. The molecule has 0 aliphatic heterocycles. The molecule has 0 fully saturated rings. The molecule has 138 valence electrons. The Bertz CT molecular complexity index is 618. The summed E-state index contributed by atoms with van der Waals surface area (Å²) in [5.41, 5.74) is -7.87. The van der Waals surface area contributed by atoms with E-state index < -0.39 is 77.2 Å². The summed E-state index contributed by atoms with van der Waals surface area (Å²) in [5.74, 6) is -4.67. The molecule has 10 heteroatoms.